The fourth-order valence-corrected chi connectivity index (χ4v) is 4.21. The molecule has 0 aliphatic heterocycles. The molecule has 6 nitrogen and oxygen atoms in total. The number of fused-ring (bicyclic) bond motifs is 3. The predicted molar refractivity (Wildman–Crippen MR) is 102 cm³/mol. The highest BCUT2D eigenvalue weighted by Crippen LogP contribution is 2.38. The lowest BCUT2D eigenvalue weighted by Crippen LogP contribution is -2.11. The molecule has 140 valence electrons. The Balaban J connectivity index is 1.76. The van der Waals surface area contributed by atoms with Crippen molar-refractivity contribution >= 4 is 21.9 Å². The van der Waals surface area contributed by atoms with E-state index in [0.29, 0.717) is 24.8 Å². The Bertz CT molecular complexity index is 1240. The molecule has 2 atom stereocenters. The zero-order valence-corrected chi connectivity index (χ0v) is 15.4. The minimum Gasteiger partial charge on any atom is -0.361 e. The molecule has 0 amide bonds. The van der Waals surface area contributed by atoms with Crippen molar-refractivity contribution in [3.8, 4) is 6.07 Å². The summed E-state index contributed by atoms with van der Waals surface area (Å²) in [7, 11) is 0. The lowest BCUT2D eigenvalue weighted by molar-refractivity contribution is 0.330. The number of halogens is 1. The summed E-state index contributed by atoms with van der Waals surface area (Å²) in [6.07, 6.45) is 3.20. The molecule has 3 aromatic heterocycles. The molecule has 4 aromatic rings. The van der Waals surface area contributed by atoms with Gasteiger partial charge in [-0.05, 0) is 44.4 Å². The Labute approximate surface area is 160 Å². The summed E-state index contributed by atoms with van der Waals surface area (Å²) < 4.78 is 21.6. The third kappa shape index (κ3) is 2.73. The molecule has 0 saturated heterocycles. The first-order valence-corrected chi connectivity index (χ1v) is 9.38. The van der Waals surface area contributed by atoms with E-state index in [1.807, 2.05) is 25.1 Å². The molecule has 3 heterocycles. The van der Waals surface area contributed by atoms with Gasteiger partial charge in [-0.15, -0.1) is 0 Å². The van der Waals surface area contributed by atoms with Crippen LogP contribution in [0.2, 0.25) is 0 Å². The molecule has 0 spiro atoms. The van der Waals surface area contributed by atoms with Gasteiger partial charge < -0.3 is 9.09 Å². The Hall–Kier alpha value is -3.27. The Morgan fingerprint density at radius 3 is 2.89 bits per heavy atom. The first-order valence-electron chi connectivity index (χ1n) is 9.38. The molecular weight excluding hydrogens is 357 g/mol. The number of hydrogen-bond acceptors (Lipinski definition) is 5. The number of alkyl halides is 1. The average molecular weight is 375 g/mol. The molecule has 0 radical (unpaired) electrons. The molecule has 1 aromatic carbocycles. The molecule has 0 N–H and O–H groups in total. The van der Waals surface area contributed by atoms with Crippen LogP contribution in [0.4, 0.5) is 4.39 Å². The molecule has 1 fully saturated rings. The molecule has 7 heteroatoms. The molecule has 1 saturated carbocycles. The molecular formula is C21H18FN5O. The number of benzene rings is 1. The van der Waals surface area contributed by atoms with E-state index in [2.05, 4.69) is 20.8 Å². The smallest absolute Gasteiger partial charge is 0.144 e. The Morgan fingerprint density at radius 2 is 2.18 bits per heavy atom. The zero-order valence-electron chi connectivity index (χ0n) is 15.4. The van der Waals surface area contributed by atoms with Gasteiger partial charge in [0.05, 0.1) is 41.0 Å². The third-order valence-electron chi connectivity index (χ3n) is 5.43. The lowest BCUT2D eigenvalue weighted by Gasteiger charge is -2.17. The predicted octanol–water partition coefficient (Wildman–Crippen LogP) is 4.41. The number of nitriles is 1. The quantitative estimate of drug-likeness (QED) is 0.530. The summed E-state index contributed by atoms with van der Waals surface area (Å²) in [4.78, 5) is 9.30. The highest BCUT2D eigenvalue weighted by molar-refractivity contribution is 6.02. The van der Waals surface area contributed by atoms with Gasteiger partial charge in [-0.1, -0.05) is 5.16 Å². The molecule has 0 bridgehead atoms. The average Bonchev–Trinajstić information content (AvgIpc) is 3.39. The minimum absolute atomic E-state index is 0.0235. The van der Waals surface area contributed by atoms with E-state index in [1.165, 1.54) is 0 Å². The van der Waals surface area contributed by atoms with Gasteiger partial charge in [0.25, 0.3) is 0 Å². The van der Waals surface area contributed by atoms with E-state index < -0.39 is 6.17 Å². The van der Waals surface area contributed by atoms with Gasteiger partial charge in [0.1, 0.15) is 23.3 Å². The van der Waals surface area contributed by atoms with Crippen molar-refractivity contribution in [3.05, 3.63) is 53.3 Å². The summed E-state index contributed by atoms with van der Waals surface area (Å²) in [5, 5.41) is 14.2. The minimum atomic E-state index is -0.800. The summed E-state index contributed by atoms with van der Waals surface area (Å²) in [5.41, 5.74) is 3.83. The molecule has 1 aliphatic carbocycles. The van der Waals surface area contributed by atoms with Crippen LogP contribution >= 0.6 is 0 Å². The number of rotatable bonds is 3. The van der Waals surface area contributed by atoms with E-state index in [9.17, 15) is 9.65 Å². The molecule has 28 heavy (non-hydrogen) atoms. The Kier molecular flexibility index (Phi) is 3.86. The van der Waals surface area contributed by atoms with Gasteiger partial charge in [0, 0.05) is 17.5 Å². The monoisotopic (exact) mass is 375 g/mol. The summed E-state index contributed by atoms with van der Waals surface area (Å²) >= 11 is 0. The third-order valence-corrected chi connectivity index (χ3v) is 5.43. The second-order valence-corrected chi connectivity index (χ2v) is 7.41. The molecule has 2 unspecified atom stereocenters. The van der Waals surface area contributed by atoms with Crippen molar-refractivity contribution in [2.24, 2.45) is 0 Å². The van der Waals surface area contributed by atoms with Crippen LogP contribution in [0.3, 0.4) is 0 Å². The molecule has 1 aliphatic rings. The second kappa shape index (κ2) is 6.41. The maximum Gasteiger partial charge on any atom is 0.144 e. The van der Waals surface area contributed by atoms with Crippen molar-refractivity contribution in [1.82, 2.24) is 19.7 Å². The zero-order chi connectivity index (χ0) is 19.3. The maximum atomic E-state index is 14.0. The normalized spacial score (nSPS) is 19.5. The van der Waals surface area contributed by atoms with E-state index in [-0.39, 0.29) is 6.04 Å². The van der Waals surface area contributed by atoms with Crippen molar-refractivity contribution in [2.45, 2.75) is 44.8 Å². The number of pyridine rings is 1. The molecule has 5 rings (SSSR count). The van der Waals surface area contributed by atoms with Crippen LogP contribution in [-0.4, -0.2) is 25.9 Å². The van der Waals surface area contributed by atoms with Gasteiger partial charge >= 0.3 is 0 Å². The standard InChI is InChI=1S/C21H18FN5O/c1-12-6-16(28-26-12)9-20-25-19-11-24-18-5-2-13(10-23)7-17(18)21(19)27(20)15-4-3-14(22)8-15/h2,5-7,11,14-15H,3-4,8-9H2,1H3. The maximum absolute atomic E-state index is 14.0. The van der Waals surface area contributed by atoms with Crippen LogP contribution in [-0.2, 0) is 6.42 Å². The fraction of sp³-hybridized carbons (Fsp3) is 0.333. The second-order valence-electron chi connectivity index (χ2n) is 7.41. The van der Waals surface area contributed by atoms with Crippen molar-refractivity contribution in [3.63, 3.8) is 0 Å². The Morgan fingerprint density at radius 1 is 1.29 bits per heavy atom. The number of aromatic nitrogens is 4. The lowest BCUT2D eigenvalue weighted by atomic mass is 10.1. The highest BCUT2D eigenvalue weighted by Gasteiger charge is 2.30. The summed E-state index contributed by atoms with van der Waals surface area (Å²) in [6.45, 7) is 1.88. The topological polar surface area (TPSA) is 80.5 Å². The number of aryl methyl sites for hydroxylation is 1. The van der Waals surface area contributed by atoms with Crippen LogP contribution in [0.5, 0.6) is 0 Å². The van der Waals surface area contributed by atoms with Crippen molar-refractivity contribution in [2.75, 3.05) is 0 Å². The van der Waals surface area contributed by atoms with E-state index in [0.717, 1.165) is 45.6 Å². The van der Waals surface area contributed by atoms with Crippen molar-refractivity contribution in [1.29, 1.82) is 5.26 Å². The van der Waals surface area contributed by atoms with Gasteiger partial charge in [0.15, 0.2) is 0 Å². The number of hydrogen-bond donors (Lipinski definition) is 0. The van der Waals surface area contributed by atoms with Gasteiger partial charge in [0.2, 0.25) is 0 Å². The van der Waals surface area contributed by atoms with Crippen LogP contribution in [0.1, 0.15) is 48.1 Å². The van der Waals surface area contributed by atoms with Crippen molar-refractivity contribution < 1.29 is 8.91 Å². The van der Waals surface area contributed by atoms with Gasteiger partial charge in [-0.25, -0.2) is 9.37 Å². The SMILES string of the molecule is Cc1cc(Cc2nc3cnc4ccc(C#N)cc4c3n2C2CCC(F)C2)on1. The van der Waals surface area contributed by atoms with E-state index in [4.69, 9.17) is 9.51 Å². The van der Waals surface area contributed by atoms with Gasteiger partial charge in [-0.2, -0.15) is 5.26 Å². The fourth-order valence-electron chi connectivity index (χ4n) is 4.21. The van der Waals surface area contributed by atoms with Crippen LogP contribution < -0.4 is 0 Å². The van der Waals surface area contributed by atoms with E-state index in [1.54, 1.807) is 12.3 Å². The first kappa shape index (κ1) is 16.9. The summed E-state index contributed by atoms with van der Waals surface area (Å²) in [6, 6.07) is 9.54. The number of imidazole rings is 1. The number of nitrogens with zero attached hydrogens (tertiary/aromatic N) is 5. The highest BCUT2D eigenvalue weighted by atomic mass is 19.1. The summed E-state index contributed by atoms with van der Waals surface area (Å²) in [5.74, 6) is 1.53. The first-order chi connectivity index (χ1) is 13.6. The van der Waals surface area contributed by atoms with Gasteiger partial charge in [-0.3, -0.25) is 4.98 Å². The van der Waals surface area contributed by atoms with Crippen LogP contribution in [0.25, 0.3) is 21.9 Å². The van der Waals surface area contributed by atoms with Crippen LogP contribution in [0, 0.1) is 18.3 Å². The largest absolute Gasteiger partial charge is 0.361 e. The van der Waals surface area contributed by atoms with E-state index >= 15 is 0 Å². The van der Waals surface area contributed by atoms with Crippen LogP contribution in [0.15, 0.2) is 35.0 Å².